The Morgan fingerprint density at radius 1 is 1.34 bits per heavy atom. The molecule has 0 saturated carbocycles. The molecule has 29 heavy (non-hydrogen) atoms. The van der Waals surface area contributed by atoms with Crippen LogP contribution in [0.5, 0.6) is 0 Å². The van der Waals surface area contributed by atoms with Gasteiger partial charge in [0.15, 0.2) is 0 Å². The molecule has 2 heterocycles. The van der Waals surface area contributed by atoms with Gasteiger partial charge < -0.3 is 25.0 Å². The van der Waals surface area contributed by atoms with E-state index >= 15 is 0 Å². The number of alkyl carbamates (subject to hydrolysis) is 1. The molecule has 1 aliphatic heterocycles. The molecule has 0 bridgehead atoms. The second-order valence-electron chi connectivity index (χ2n) is 7.43. The molecule has 9 heteroatoms. The van der Waals surface area contributed by atoms with Crippen molar-refractivity contribution in [2.75, 3.05) is 13.7 Å². The van der Waals surface area contributed by atoms with Crippen LogP contribution in [0.4, 0.5) is 4.79 Å². The van der Waals surface area contributed by atoms with E-state index in [1.807, 2.05) is 38.1 Å². The number of aromatic nitrogens is 2. The molecule has 0 radical (unpaired) electrons. The smallest absolute Gasteiger partial charge is 0.407 e. The van der Waals surface area contributed by atoms with Crippen molar-refractivity contribution in [1.29, 1.82) is 0 Å². The molecular weight excluding hydrogens is 440 g/mol. The maximum absolute atomic E-state index is 13.2. The number of aliphatic hydroxyl groups is 1. The lowest BCUT2D eigenvalue weighted by atomic mass is 10.0. The van der Waals surface area contributed by atoms with Crippen LogP contribution in [0, 0.1) is 5.92 Å². The van der Waals surface area contributed by atoms with Crippen molar-refractivity contribution in [1.82, 2.24) is 20.2 Å². The first-order valence-corrected chi connectivity index (χ1v) is 10.2. The summed E-state index contributed by atoms with van der Waals surface area (Å²) in [5.41, 5.74) is 1.70. The number of likely N-dealkylation sites (tertiary alicyclic amines) is 1. The SMILES string of the molecule is COC(=O)NC(C(=O)N1CC(O)C[C@H]1c1nc(-c2ccc(Br)cc2)c[nH]1)C(C)C. The third-order valence-corrected chi connectivity index (χ3v) is 5.54. The van der Waals surface area contributed by atoms with E-state index in [0.29, 0.717) is 12.2 Å². The van der Waals surface area contributed by atoms with Crippen molar-refractivity contribution in [3.05, 3.63) is 40.8 Å². The van der Waals surface area contributed by atoms with Gasteiger partial charge in [-0.25, -0.2) is 9.78 Å². The number of imidazole rings is 1. The van der Waals surface area contributed by atoms with Gasteiger partial charge in [0, 0.05) is 29.2 Å². The average molecular weight is 465 g/mol. The summed E-state index contributed by atoms with van der Waals surface area (Å²) in [5.74, 6) is 0.192. The number of benzene rings is 1. The maximum atomic E-state index is 13.2. The predicted molar refractivity (Wildman–Crippen MR) is 111 cm³/mol. The van der Waals surface area contributed by atoms with Gasteiger partial charge in [0.25, 0.3) is 0 Å². The monoisotopic (exact) mass is 464 g/mol. The normalized spacial score (nSPS) is 20.0. The maximum Gasteiger partial charge on any atom is 0.407 e. The highest BCUT2D eigenvalue weighted by Gasteiger charge is 2.40. The second-order valence-corrected chi connectivity index (χ2v) is 8.35. The topological polar surface area (TPSA) is 108 Å². The minimum absolute atomic E-state index is 0.144. The van der Waals surface area contributed by atoms with Crippen molar-refractivity contribution >= 4 is 27.9 Å². The molecule has 1 aliphatic rings. The molecular formula is C20H25BrN4O4. The Hall–Kier alpha value is -2.39. The molecule has 3 N–H and O–H groups in total. The molecule has 156 valence electrons. The summed E-state index contributed by atoms with van der Waals surface area (Å²) in [5, 5.41) is 12.8. The highest BCUT2D eigenvalue weighted by Crippen LogP contribution is 2.33. The summed E-state index contributed by atoms with van der Waals surface area (Å²) in [6.45, 7) is 3.88. The van der Waals surface area contributed by atoms with Crippen LogP contribution in [0.2, 0.25) is 0 Å². The van der Waals surface area contributed by atoms with Crippen molar-refractivity contribution in [3.8, 4) is 11.3 Å². The molecule has 8 nitrogen and oxygen atoms in total. The fourth-order valence-electron chi connectivity index (χ4n) is 3.47. The number of amides is 2. The van der Waals surface area contributed by atoms with E-state index in [1.54, 1.807) is 11.1 Å². The number of β-amino-alcohol motifs (C(OH)–C–C–N with tert-alkyl or cyclic N) is 1. The minimum Gasteiger partial charge on any atom is -0.453 e. The summed E-state index contributed by atoms with van der Waals surface area (Å²) in [6, 6.07) is 6.62. The number of ether oxygens (including phenoxy) is 1. The van der Waals surface area contributed by atoms with Gasteiger partial charge in [-0.05, 0) is 18.1 Å². The zero-order valence-electron chi connectivity index (χ0n) is 16.6. The Kier molecular flexibility index (Phi) is 6.59. The number of hydrogen-bond donors (Lipinski definition) is 3. The summed E-state index contributed by atoms with van der Waals surface area (Å²) >= 11 is 3.42. The molecule has 3 atom stereocenters. The summed E-state index contributed by atoms with van der Waals surface area (Å²) in [7, 11) is 1.26. The van der Waals surface area contributed by atoms with E-state index < -0.39 is 24.3 Å². The lowest BCUT2D eigenvalue weighted by molar-refractivity contribution is -0.135. The zero-order chi connectivity index (χ0) is 21.1. The van der Waals surface area contributed by atoms with Gasteiger partial charge >= 0.3 is 6.09 Å². The van der Waals surface area contributed by atoms with Gasteiger partial charge in [0.2, 0.25) is 5.91 Å². The van der Waals surface area contributed by atoms with E-state index in [1.165, 1.54) is 7.11 Å². The molecule has 1 aromatic heterocycles. The Bertz CT molecular complexity index is 868. The van der Waals surface area contributed by atoms with Crippen LogP contribution >= 0.6 is 15.9 Å². The van der Waals surface area contributed by atoms with Crippen LogP contribution in [0.3, 0.4) is 0 Å². The van der Waals surface area contributed by atoms with Gasteiger partial charge in [0.1, 0.15) is 11.9 Å². The highest BCUT2D eigenvalue weighted by molar-refractivity contribution is 9.10. The Morgan fingerprint density at radius 3 is 2.66 bits per heavy atom. The lowest BCUT2D eigenvalue weighted by Crippen LogP contribution is -2.51. The number of rotatable bonds is 5. The van der Waals surface area contributed by atoms with Gasteiger partial charge in [-0.15, -0.1) is 0 Å². The van der Waals surface area contributed by atoms with Crippen LogP contribution in [0.1, 0.15) is 32.1 Å². The average Bonchev–Trinajstić information content (AvgIpc) is 3.32. The number of methoxy groups -OCH3 is 1. The van der Waals surface area contributed by atoms with E-state index in [4.69, 9.17) is 0 Å². The van der Waals surface area contributed by atoms with Crippen LogP contribution in [0.25, 0.3) is 11.3 Å². The first-order chi connectivity index (χ1) is 13.8. The molecule has 1 aromatic carbocycles. The quantitative estimate of drug-likeness (QED) is 0.630. The predicted octanol–water partition coefficient (Wildman–Crippen LogP) is 2.85. The first kappa shape index (κ1) is 21.3. The molecule has 0 aliphatic carbocycles. The van der Waals surface area contributed by atoms with Gasteiger partial charge in [-0.2, -0.15) is 0 Å². The number of nitrogens with one attached hydrogen (secondary N) is 2. The lowest BCUT2D eigenvalue weighted by Gasteiger charge is -2.29. The summed E-state index contributed by atoms with van der Waals surface area (Å²) in [4.78, 5) is 34.2. The standard InChI is InChI=1S/C20H25BrN4O4/c1-11(2)17(24-20(28)29-3)19(27)25-10-14(26)8-16(25)18-22-9-15(23-18)12-4-6-13(21)7-5-12/h4-7,9,11,14,16-17,26H,8,10H2,1-3H3,(H,22,23)(H,24,28)/t14?,16-,17?/m0/s1. The fourth-order valence-corrected chi connectivity index (χ4v) is 3.73. The molecule has 3 rings (SSSR count). The minimum atomic E-state index is -0.754. The van der Waals surface area contributed by atoms with Crippen molar-refractivity contribution in [3.63, 3.8) is 0 Å². The van der Waals surface area contributed by atoms with E-state index in [2.05, 4.69) is 36.0 Å². The first-order valence-electron chi connectivity index (χ1n) is 9.44. The number of nitrogens with zero attached hydrogens (tertiary/aromatic N) is 2. The van der Waals surface area contributed by atoms with Gasteiger partial charge in [-0.3, -0.25) is 4.79 Å². The molecule has 0 spiro atoms. The van der Waals surface area contributed by atoms with Crippen molar-refractivity contribution in [2.45, 2.75) is 38.5 Å². The zero-order valence-corrected chi connectivity index (χ0v) is 18.1. The molecule has 2 amide bonds. The number of aliphatic hydroxyl groups excluding tert-OH is 1. The Balaban J connectivity index is 1.84. The third kappa shape index (κ3) is 4.79. The van der Waals surface area contributed by atoms with Crippen molar-refractivity contribution < 1.29 is 19.4 Å². The molecule has 1 fully saturated rings. The third-order valence-electron chi connectivity index (χ3n) is 5.01. The summed E-state index contributed by atoms with van der Waals surface area (Å²) in [6.07, 6.45) is 0.848. The molecule has 1 saturated heterocycles. The number of H-pyrrole nitrogens is 1. The molecule has 2 unspecified atom stereocenters. The van der Waals surface area contributed by atoms with Crippen LogP contribution < -0.4 is 5.32 Å². The number of carbonyl (C=O) groups excluding carboxylic acids is 2. The fraction of sp³-hybridized carbons (Fsp3) is 0.450. The van der Waals surface area contributed by atoms with E-state index in [0.717, 1.165) is 15.7 Å². The second kappa shape index (κ2) is 8.96. The number of aromatic amines is 1. The van der Waals surface area contributed by atoms with Crippen LogP contribution in [0.15, 0.2) is 34.9 Å². The largest absolute Gasteiger partial charge is 0.453 e. The number of halogens is 1. The number of carbonyl (C=O) groups is 2. The van der Waals surface area contributed by atoms with E-state index in [-0.39, 0.29) is 18.4 Å². The van der Waals surface area contributed by atoms with Gasteiger partial charge in [-0.1, -0.05) is 41.9 Å². The molecule has 2 aromatic rings. The van der Waals surface area contributed by atoms with E-state index in [9.17, 15) is 14.7 Å². The Labute approximate surface area is 177 Å². The van der Waals surface area contributed by atoms with Crippen molar-refractivity contribution in [2.24, 2.45) is 5.92 Å². The highest BCUT2D eigenvalue weighted by atomic mass is 79.9. The van der Waals surface area contributed by atoms with Crippen LogP contribution in [-0.2, 0) is 9.53 Å². The summed E-state index contributed by atoms with van der Waals surface area (Å²) < 4.78 is 5.62. The van der Waals surface area contributed by atoms with Gasteiger partial charge in [0.05, 0.1) is 24.9 Å². The Morgan fingerprint density at radius 2 is 2.03 bits per heavy atom. The number of hydrogen-bond acceptors (Lipinski definition) is 5. The van der Waals surface area contributed by atoms with Crippen LogP contribution in [-0.4, -0.2) is 57.8 Å².